The van der Waals surface area contributed by atoms with Gasteiger partial charge in [0.05, 0.1) is 16.8 Å². The number of rotatable bonds is 5. The number of nitrogens with zero attached hydrogens (tertiary/aromatic N) is 1. The molecule has 1 heterocycles. The minimum Gasteiger partial charge on any atom is -0.507 e. The van der Waals surface area contributed by atoms with Crippen LogP contribution in [-0.4, -0.2) is 10.3 Å². The molecule has 4 nitrogen and oxygen atoms in total. The molecule has 1 aromatic heterocycles. The van der Waals surface area contributed by atoms with Crippen LogP contribution in [0.25, 0.3) is 22.5 Å². The van der Waals surface area contributed by atoms with Gasteiger partial charge in [0, 0.05) is 16.7 Å². The van der Waals surface area contributed by atoms with Crippen molar-refractivity contribution in [3.8, 4) is 33.9 Å². The fourth-order valence-electron chi connectivity index (χ4n) is 3.08. The van der Waals surface area contributed by atoms with Crippen molar-refractivity contribution in [3.05, 3.63) is 88.8 Å². The van der Waals surface area contributed by atoms with Crippen molar-refractivity contribution in [2.24, 2.45) is 0 Å². The van der Waals surface area contributed by atoms with Crippen LogP contribution in [0.15, 0.2) is 71.3 Å². The second-order valence-electron chi connectivity index (χ2n) is 6.54. The third-order valence-corrected chi connectivity index (χ3v) is 4.81. The average Bonchev–Trinajstić information content (AvgIpc) is 3.09. The maximum atomic E-state index is 13.7. The number of halogens is 2. The van der Waals surface area contributed by atoms with E-state index in [2.05, 4.69) is 5.16 Å². The lowest BCUT2D eigenvalue weighted by Crippen LogP contribution is -1.98. The van der Waals surface area contributed by atoms with Gasteiger partial charge >= 0.3 is 0 Å². The maximum Gasteiger partial charge on any atom is 0.178 e. The first-order valence-electron chi connectivity index (χ1n) is 8.94. The van der Waals surface area contributed by atoms with Crippen LogP contribution in [0, 0.1) is 12.7 Å². The first-order chi connectivity index (χ1) is 14.0. The Labute approximate surface area is 172 Å². The quantitative estimate of drug-likeness (QED) is 0.414. The molecule has 6 heteroatoms. The Morgan fingerprint density at radius 2 is 1.83 bits per heavy atom. The predicted molar refractivity (Wildman–Crippen MR) is 110 cm³/mol. The molecule has 29 heavy (non-hydrogen) atoms. The van der Waals surface area contributed by atoms with E-state index in [1.807, 2.05) is 19.1 Å². The molecular formula is C23H17ClFNO3. The Morgan fingerprint density at radius 1 is 1.07 bits per heavy atom. The molecule has 0 fully saturated rings. The number of aromatic hydroxyl groups is 1. The molecule has 146 valence electrons. The Balaban J connectivity index is 1.62. The number of ether oxygens (including phenoxy) is 1. The van der Waals surface area contributed by atoms with Crippen LogP contribution >= 0.6 is 11.6 Å². The van der Waals surface area contributed by atoms with Crippen molar-refractivity contribution in [2.45, 2.75) is 13.5 Å². The fraction of sp³-hybridized carbons (Fsp3) is 0.0870. The lowest BCUT2D eigenvalue weighted by Gasteiger charge is -2.10. The van der Waals surface area contributed by atoms with E-state index in [0.717, 1.165) is 11.1 Å². The fourth-order valence-corrected chi connectivity index (χ4v) is 3.21. The molecule has 0 bridgehead atoms. The van der Waals surface area contributed by atoms with Gasteiger partial charge in [0.2, 0.25) is 0 Å². The lowest BCUT2D eigenvalue weighted by atomic mass is 9.99. The number of benzene rings is 3. The zero-order valence-corrected chi connectivity index (χ0v) is 16.3. The van der Waals surface area contributed by atoms with Gasteiger partial charge < -0.3 is 14.4 Å². The van der Waals surface area contributed by atoms with Gasteiger partial charge in [-0.25, -0.2) is 4.39 Å². The molecule has 0 aliphatic carbocycles. The van der Waals surface area contributed by atoms with Crippen LogP contribution in [0.4, 0.5) is 4.39 Å². The molecule has 0 amide bonds. The average molecular weight is 410 g/mol. The Bertz CT molecular complexity index is 1160. The molecule has 3 aromatic carbocycles. The molecule has 0 saturated heterocycles. The van der Waals surface area contributed by atoms with E-state index in [9.17, 15) is 9.50 Å². The topological polar surface area (TPSA) is 55.5 Å². The molecule has 0 unspecified atom stereocenters. The summed E-state index contributed by atoms with van der Waals surface area (Å²) in [5.41, 5.74) is 3.27. The van der Waals surface area contributed by atoms with Crippen LogP contribution < -0.4 is 4.74 Å². The standard InChI is InChI=1S/C23H17ClFNO3/c1-14-22(15-6-8-17(24)9-7-15)23(29-26-14)19-11-10-18(12-21(19)27)28-13-16-4-2-3-5-20(16)25/h2-12,27H,13H2,1H3. The lowest BCUT2D eigenvalue weighted by molar-refractivity contribution is 0.298. The van der Waals surface area contributed by atoms with Crippen LogP contribution in [0.5, 0.6) is 11.5 Å². The highest BCUT2D eigenvalue weighted by atomic mass is 35.5. The maximum absolute atomic E-state index is 13.7. The van der Waals surface area contributed by atoms with E-state index in [1.54, 1.807) is 42.5 Å². The highest BCUT2D eigenvalue weighted by Crippen LogP contribution is 2.40. The third-order valence-electron chi connectivity index (χ3n) is 4.56. The summed E-state index contributed by atoms with van der Waals surface area (Å²) in [5, 5.41) is 15.2. The number of hydrogen-bond donors (Lipinski definition) is 1. The van der Waals surface area contributed by atoms with Crippen molar-refractivity contribution < 1.29 is 18.8 Å². The predicted octanol–water partition coefficient (Wildman–Crippen LogP) is 6.39. The molecule has 4 rings (SSSR count). The highest BCUT2D eigenvalue weighted by molar-refractivity contribution is 6.30. The van der Waals surface area contributed by atoms with E-state index in [4.69, 9.17) is 20.9 Å². The molecule has 1 N–H and O–H groups in total. The summed E-state index contributed by atoms with van der Waals surface area (Å²) in [4.78, 5) is 0. The van der Waals surface area contributed by atoms with E-state index < -0.39 is 0 Å². The monoisotopic (exact) mass is 409 g/mol. The van der Waals surface area contributed by atoms with Gasteiger partial charge in [-0.05, 0) is 42.8 Å². The van der Waals surface area contributed by atoms with Gasteiger partial charge in [0.15, 0.2) is 5.76 Å². The SMILES string of the molecule is Cc1noc(-c2ccc(OCc3ccccc3F)cc2O)c1-c1ccc(Cl)cc1. The number of phenolic OH excluding ortho intramolecular Hbond substituents is 1. The molecule has 0 atom stereocenters. The zero-order chi connectivity index (χ0) is 20.4. The van der Waals surface area contributed by atoms with E-state index >= 15 is 0 Å². The van der Waals surface area contributed by atoms with E-state index in [0.29, 0.717) is 33.4 Å². The second-order valence-corrected chi connectivity index (χ2v) is 6.97. The van der Waals surface area contributed by atoms with Crippen LogP contribution in [-0.2, 0) is 6.61 Å². The van der Waals surface area contributed by atoms with Gasteiger partial charge in [-0.15, -0.1) is 0 Å². The summed E-state index contributed by atoms with van der Waals surface area (Å²) in [6, 6.07) is 18.6. The first kappa shape index (κ1) is 19.0. The third kappa shape index (κ3) is 3.96. The molecule has 0 radical (unpaired) electrons. The molecule has 0 saturated carbocycles. The molecule has 0 aliphatic rings. The van der Waals surface area contributed by atoms with Crippen LogP contribution in [0.3, 0.4) is 0 Å². The van der Waals surface area contributed by atoms with Gasteiger partial charge in [0.1, 0.15) is 23.9 Å². The zero-order valence-electron chi connectivity index (χ0n) is 15.5. The minimum atomic E-state index is -0.335. The van der Waals surface area contributed by atoms with Gasteiger partial charge in [0.25, 0.3) is 0 Å². The summed E-state index contributed by atoms with van der Waals surface area (Å²) >= 11 is 5.98. The number of hydrogen-bond acceptors (Lipinski definition) is 4. The Hall–Kier alpha value is -3.31. The summed E-state index contributed by atoms with van der Waals surface area (Å²) in [6.45, 7) is 1.89. The van der Waals surface area contributed by atoms with Gasteiger partial charge in [-0.1, -0.05) is 47.1 Å². The number of aromatic nitrogens is 1. The number of phenols is 1. The Morgan fingerprint density at radius 3 is 2.55 bits per heavy atom. The highest BCUT2D eigenvalue weighted by Gasteiger charge is 2.20. The molecule has 4 aromatic rings. The molecule has 0 spiro atoms. The van der Waals surface area contributed by atoms with Crippen molar-refractivity contribution in [3.63, 3.8) is 0 Å². The Kier molecular flexibility index (Phi) is 5.23. The summed E-state index contributed by atoms with van der Waals surface area (Å²) in [7, 11) is 0. The van der Waals surface area contributed by atoms with Crippen molar-refractivity contribution >= 4 is 11.6 Å². The smallest absolute Gasteiger partial charge is 0.178 e. The molecular weight excluding hydrogens is 393 g/mol. The largest absolute Gasteiger partial charge is 0.507 e. The first-order valence-corrected chi connectivity index (χ1v) is 9.32. The molecule has 0 aliphatic heterocycles. The second kappa shape index (κ2) is 7.97. The van der Waals surface area contributed by atoms with Crippen LogP contribution in [0.1, 0.15) is 11.3 Å². The van der Waals surface area contributed by atoms with Crippen molar-refractivity contribution in [2.75, 3.05) is 0 Å². The summed E-state index contributed by atoms with van der Waals surface area (Å²) in [6.07, 6.45) is 0. The van der Waals surface area contributed by atoms with E-state index in [1.165, 1.54) is 12.1 Å². The van der Waals surface area contributed by atoms with Crippen molar-refractivity contribution in [1.29, 1.82) is 0 Å². The van der Waals surface area contributed by atoms with E-state index in [-0.39, 0.29) is 18.2 Å². The summed E-state index contributed by atoms with van der Waals surface area (Å²) in [5.74, 6) is 0.502. The van der Waals surface area contributed by atoms with Gasteiger partial charge in [-0.3, -0.25) is 0 Å². The van der Waals surface area contributed by atoms with Crippen molar-refractivity contribution in [1.82, 2.24) is 5.16 Å². The van der Waals surface area contributed by atoms with Gasteiger partial charge in [-0.2, -0.15) is 0 Å². The van der Waals surface area contributed by atoms with Crippen LogP contribution in [0.2, 0.25) is 5.02 Å². The number of aryl methyl sites for hydroxylation is 1. The summed E-state index contributed by atoms with van der Waals surface area (Å²) < 4.78 is 24.8. The normalized spacial score (nSPS) is 10.9. The minimum absolute atomic E-state index is 0.0256.